The van der Waals surface area contributed by atoms with Crippen LogP contribution in [0.25, 0.3) is 0 Å². The highest BCUT2D eigenvalue weighted by Crippen LogP contribution is 2.28. The van der Waals surface area contributed by atoms with E-state index < -0.39 is 6.10 Å². The summed E-state index contributed by atoms with van der Waals surface area (Å²) in [5, 5.41) is 11.4. The van der Waals surface area contributed by atoms with Gasteiger partial charge in [-0.2, -0.15) is 0 Å². The van der Waals surface area contributed by atoms with Crippen molar-refractivity contribution in [2.24, 2.45) is 0 Å². The first kappa shape index (κ1) is 14.6. The molecule has 0 bridgehead atoms. The number of anilines is 2. The zero-order chi connectivity index (χ0) is 14.8. The van der Waals surface area contributed by atoms with E-state index in [-0.39, 0.29) is 0 Å². The standard InChI is InChI=1S/C15H18ClN3OS/c1-11(20)14-10-17-15(21-14)19-8-6-18(7-9-19)13-4-2-12(16)3-5-13/h2-5,10-11,20H,6-9H2,1H3. The number of hydrogen-bond donors (Lipinski definition) is 1. The summed E-state index contributed by atoms with van der Waals surface area (Å²) < 4.78 is 0. The van der Waals surface area contributed by atoms with Crippen LogP contribution in [0.15, 0.2) is 30.5 Å². The SMILES string of the molecule is CC(O)c1cnc(N2CCN(c3ccc(Cl)cc3)CC2)s1. The van der Waals surface area contributed by atoms with Gasteiger partial charge in [0.1, 0.15) is 0 Å². The molecule has 1 fully saturated rings. The topological polar surface area (TPSA) is 39.6 Å². The van der Waals surface area contributed by atoms with Gasteiger partial charge in [0.15, 0.2) is 5.13 Å². The number of thiazole rings is 1. The van der Waals surface area contributed by atoms with E-state index in [1.807, 2.05) is 12.1 Å². The van der Waals surface area contributed by atoms with Crippen molar-refractivity contribution >= 4 is 33.8 Å². The Balaban J connectivity index is 1.63. The van der Waals surface area contributed by atoms with Gasteiger partial charge in [-0.1, -0.05) is 22.9 Å². The van der Waals surface area contributed by atoms with Crippen LogP contribution < -0.4 is 9.80 Å². The molecule has 2 aromatic rings. The molecule has 0 aliphatic carbocycles. The number of nitrogens with zero attached hydrogens (tertiary/aromatic N) is 3. The Labute approximate surface area is 133 Å². The summed E-state index contributed by atoms with van der Waals surface area (Å²) in [6, 6.07) is 7.98. The number of aromatic nitrogens is 1. The molecule has 4 nitrogen and oxygen atoms in total. The van der Waals surface area contributed by atoms with Crippen LogP contribution >= 0.6 is 22.9 Å². The van der Waals surface area contributed by atoms with E-state index >= 15 is 0 Å². The molecule has 1 N–H and O–H groups in total. The predicted octanol–water partition coefficient (Wildman–Crippen LogP) is 3.18. The van der Waals surface area contributed by atoms with E-state index in [1.165, 1.54) is 5.69 Å². The highest BCUT2D eigenvalue weighted by Gasteiger charge is 2.20. The molecule has 21 heavy (non-hydrogen) atoms. The van der Waals surface area contributed by atoms with Crippen LogP contribution in [0, 0.1) is 0 Å². The average Bonchev–Trinajstić information content (AvgIpc) is 2.98. The van der Waals surface area contributed by atoms with E-state index in [9.17, 15) is 5.11 Å². The van der Waals surface area contributed by atoms with Crippen molar-refractivity contribution in [3.8, 4) is 0 Å². The maximum Gasteiger partial charge on any atom is 0.185 e. The van der Waals surface area contributed by atoms with Crippen LogP contribution in [0.4, 0.5) is 10.8 Å². The van der Waals surface area contributed by atoms with Crippen molar-refractivity contribution in [2.45, 2.75) is 13.0 Å². The van der Waals surface area contributed by atoms with Crippen LogP contribution in [0.1, 0.15) is 17.9 Å². The minimum Gasteiger partial charge on any atom is -0.388 e. The van der Waals surface area contributed by atoms with Gasteiger partial charge in [0.05, 0.1) is 11.0 Å². The molecule has 0 radical (unpaired) electrons. The molecule has 1 atom stereocenters. The van der Waals surface area contributed by atoms with Crippen molar-refractivity contribution in [2.75, 3.05) is 36.0 Å². The Bertz CT molecular complexity index is 591. The van der Waals surface area contributed by atoms with Crippen LogP contribution in [-0.2, 0) is 0 Å². The van der Waals surface area contributed by atoms with Crippen molar-refractivity contribution in [3.63, 3.8) is 0 Å². The Morgan fingerprint density at radius 2 is 1.76 bits per heavy atom. The third-order valence-corrected chi connectivity index (χ3v) is 5.15. The third kappa shape index (κ3) is 3.31. The van der Waals surface area contributed by atoms with E-state index in [2.05, 4.69) is 26.9 Å². The van der Waals surface area contributed by atoms with Crippen LogP contribution in [-0.4, -0.2) is 36.3 Å². The summed E-state index contributed by atoms with van der Waals surface area (Å²) in [6.07, 6.45) is 1.34. The third-order valence-electron chi connectivity index (χ3n) is 3.67. The summed E-state index contributed by atoms with van der Waals surface area (Å²) in [4.78, 5) is 9.98. The van der Waals surface area contributed by atoms with Crippen molar-refractivity contribution in [1.29, 1.82) is 0 Å². The second kappa shape index (κ2) is 6.22. The predicted molar refractivity (Wildman–Crippen MR) is 88.6 cm³/mol. The Hall–Kier alpha value is -1.30. The van der Waals surface area contributed by atoms with Gasteiger partial charge < -0.3 is 14.9 Å². The zero-order valence-corrected chi connectivity index (χ0v) is 13.4. The molecule has 1 aliphatic heterocycles. The van der Waals surface area contributed by atoms with Gasteiger partial charge in [0.25, 0.3) is 0 Å². The molecule has 2 heterocycles. The van der Waals surface area contributed by atoms with Crippen molar-refractivity contribution in [1.82, 2.24) is 4.98 Å². The summed E-state index contributed by atoms with van der Waals surface area (Å²) in [7, 11) is 0. The summed E-state index contributed by atoms with van der Waals surface area (Å²) in [5.74, 6) is 0. The largest absolute Gasteiger partial charge is 0.388 e. The molecular weight excluding hydrogens is 306 g/mol. The Kier molecular flexibility index (Phi) is 4.33. The minimum atomic E-state index is -0.438. The second-order valence-corrected chi connectivity index (χ2v) is 6.65. The number of hydrogen-bond acceptors (Lipinski definition) is 5. The van der Waals surface area contributed by atoms with Gasteiger partial charge in [-0.05, 0) is 31.2 Å². The van der Waals surface area contributed by atoms with Crippen LogP contribution in [0.3, 0.4) is 0 Å². The van der Waals surface area contributed by atoms with Gasteiger partial charge in [-0.15, -0.1) is 0 Å². The molecule has 1 aromatic heterocycles. The second-order valence-electron chi connectivity index (χ2n) is 5.17. The van der Waals surface area contributed by atoms with E-state index in [0.717, 1.165) is 41.2 Å². The molecule has 0 saturated carbocycles. The minimum absolute atomic E-state index is 0.438. The molecule has 6 heteroatoms. The lowest BCUT2D eigenvalue weighted by molar-refractivity contribution is 0.203. The monoisotopic (exact) mass is 323 g/mol. The van der Waals surface area contributed by atoms with Gasteiger partial charge >= 0.3 is 0 Å². The smallest absolute Gasteiger partial charge is 0.185 e. The van der Waals surface area contributed by atoms with Gasteiger partial charge in [-0.25, -0.2) is 4.98 Å². The molecule has 0 amide bonds. The fraction of sp³-hybridized carbons (Fsp3) is 0.400. The molecule has 1 aromatic carbocycles. The normalized spacial score (nSPS) is 17.1. The lowest BCUT2D eigenvalue weighted by Gasteiger charge is -2.36. The van der Waals surface area contributed by atoms with E-state index in [0.29, 0.717) is 0 Å². The fourth-order valence-corrected chi connectivity index (χ4v) is 3.45. The van der Waals surface area contributed by atoms with E-state index in [1.54, 1.807) is 24.5 Å². The Morgan fingerprint density at radius 1 is 1.14 bits per heavy atom. The number of piperazine rings is 1. The highest BCUT2D eigenvalue weighted by molar-refractivity contribution is 7.15. The van der Waals surface area contributed by atoms with Gasteiger partial charge in [0, 0.05) is 43.1 Å². The summed E-state index contributed by atoms with van der Waals surface area (Å²) in [5.41, 5.74) is 1.21. The first-order valence-corrected chi connectivity index (χ1v) is 8.22. The number of aliphatic hydroxyl groups is 1. The van der Waals surface area contributed by atoms with Crippen molar-refractivity contribution in [3.05, 3.63) is 40.4 Å². The van der Waals surface area contributed by atoms with Gasteiger partial charge in [0.2, 0.25) is 0 Å². The first-order chi connectivity index (χ1) is 10.1. The maximum atomic E-state index is 9.58. The van der Waals surface area contributed by atoms with E-state index in [4.69, 9.17) is 11.6 Å². The zero-order valence-electron chi connectivity index (χ0n) is 11.9. The quantitative estimate of drug-likeness (QED) is 0.941. The molecule has 1 unspecified atom stereocenters. The number of rotatable bonds is 3. The number of aliphatic hydroxyl groups excluding tert-OH is 1. The van der Waals surface area contributed by atoms with Crippen LogP contribution in [0.2, 0.25) is 5.02 Å². The Morgan fingerprint density at radius 3 is 2.33 bits per heavy atom. The molecular formula is C15H18ClN3OS. The molecule has 112 valence electrons. The molecule has 1 saturated heterocycles. The van der Waals surface area contributed by atoms with Gasteiger partial charge in [-0.3, -0.25) is 0 Å². The summed E-state index contributed by atoms with van der Waals surface area (Å²) in [6.45, 7) is 5.58. The lowest BCUT2D eigenvalue weighted by Crippen LogP contribution is -2.46. The summed E-state index contributed by atoms with van der Waals surface area (Å²) >= 11 is 7.50. The van der Waals surface area contributed by atoms with Crippen LogP contribution in [0.5, 0.6) is 0 Å². The van der Waals surface area contributed by atoms with Crippen molar-refractivity contribution < 1.29 is 5.11 Å². The number of benzene rings is 1. The maximum absolute atomic E-state index is 9.58. The lowest BCUT2D eigenvalue weighted by atomic mass is 10.2. The molecule has 0 spiro atoms. The molecule has 1 aliphatic rings. The number of halogens is 1. The molecule has 3 rings (SSSR count). The highest BCUT2D eigenvalue weighted by atomic mass is 35.5. The fourth-order valence-electron chi connectivity index (χ4n) is 2.42. The average molecular weight is 324 g/mol. The first-order valence-electron chi connectivity index (χ1n) is 7.03.